The molecule has 5 nitrogen and oxygen atoms in total. The molecule has 1 atom stereocenters. The molecule has 0 aromatic carbocycles. The summed E-state index contributed by atoms with van der Waals surface area (Å²) < 4.78 is 0. The van der Waals surface area contributed by atoms with E-state index in [4.69, 9.17) is 5.11 Å². The van der Waals surface area contributed by atoms with Gasteiger partial charge in [-0.05, 0) is 18.8 Å². The van der Waals surface area contributed by atoms with Crippen LogP contribution in [0.4, 0.5) is 11.6 Å². The summed E-state index contributed by atoms with van der Waals surface area (Å²) >= 11 is 0. The number of aliphatic hydroxyl groups is 1. The summed E-state index contributed by atoms with van der Waals surface area (Å²) in [4.78, 5) is 8.92. The highest BCUT2D eigenvalue weighted by Crippen LogP contribution is 2.13. The minimum atomic E-state index is 0.232. The number of nitrogens with one attached hydrogen (secondary N) is 2. The van der Waals surface area contributed by atoms with Crippen molar-refractivity contribution in [2.24, 2.45) is 5.92 Å². The first-order valence-corrected chi connectivity index (χ1v) is 7.16. The van der Waals surface area contributed by atoms with E-state index in [9.17, 15) is 0 Å². The number of aliphatic hydroxyl groups excluding tert-OH is 1. The standard InChI is InChI=1S/C14H26N4O/c1-4-7-15-13-9-14(18-12(5-2)17-13)16-10-11(3)6-8-19/h9,11,19H,4-8,10H2,1-3H3,(H2,15,16,17,18). The molecule has 0 aliphatic heterocycles. The van der Waals surface area contributed by atoms with Crippen molar-refractivity contribution in [2.75, 3.05) is 30.3 Å². The lowest BCUT2D eigenvalue weighted by molar-refractivity contribution is 0.266. The molecule has 0 radical (unpaired) electrons. The fourth-order valence-electron chi connectivity index (χ4n) is 1.69. The van der Waals surface area contributed by atoms with Crippen molar-refractivity contribution in [1.29, 1.82) is 0 Å². The summed E-state index contributed by atoms with van der Waals surface area (Å²) in [5.74, 6) is 3.01. The second-order valence-corrected chi connectivity index (χ2v) is 4.83. The summed E-state index contributed by atoms with van der Waals surface area (Å²) in [6.45, 7) is 8.26. The highest BCUT2D eigenvalue weighted by atomic mass is 16.3. The molecule has 0 fully saturated rings. The van der Waals surface area contributed by atoms with Crippen LogP contribution in [0.1, 0.15) is 39.4 Å². The Balaban J connectivity index is 2.65. The van der Waals surface area contributed by atoms with Gasteiger partial charge in [-0.1, -0.05) is 20.8 Å². The molecule has 5 heteroatoms. The molecule has 1 rings (SSSR count). The third-order valence-corrected chi connectivity index (χ3v) is 2.90. The van der Waals surface area contributed by atoms with Crippen molar-refractivity contribution >= 4 is 11.6 Å². The number of nitrogens with zero attached hydrogens (tertiary/aromatic N) is 2. The molecule has 3 N–H and O–H groups in total. The molecule has 1 aromatic rings. The van der Waals surface area contributed by atoms with E-state index in [0.29, 0.717) is 5.92 Å². The molecular weight excluding hydrogens is 240 g/mol. The SMILES string of the molecule is CCCNc1cc(NCC(C)CCO)nc(CC)n1. The molecule has 0 amide bonds. The lowest BCUT2D eigenvalue weighted by Gasteiger charge is -2.13. The van der Waals surface area contributed by atoms with E-state index in [0.717, 1.165) is 49.8 Å². The van der Waals surface area contributed by atoms with Crippen molar-refractivity contribution < 1.29 is 5.11 Å². The second kappa shape index (κ2) is 8.69. The van der Waals surface area contributed by atoms with Crippen LogP contribution in [0.15, 0.2) is 6.07 Å². The highest BCUT2D eigenvalue weighted by molar-refractivity contribution is 5.47. The van der Waals surface area contributed by atoms with Crippen LogP contribution in [0.2, 0.25) is 0 Å². The molecule has 108 valence electrons. The quantitative estimate of drug-likeness (QED) is 0.640. The Morgan fingerprint density at radius 3 is 2.47 bits per heavy atom. The van der Waals surface area contributed by atoms with Crippen LogP contribution in [0.5, 0.6) is 0 Å². The first-order chi connectivity index (χ1) is 9.19. The first-order valence-electron chi connectivity index (χ1n) is 7.16. The van der Waals surface area contributed by atoms with E-state index in [-0.39, 0.29) is 6.61 Å². The van der Waals surface area contributed by atoms with Crippen LogP contribution in [-0.4, -0.2) is 34.8 Å². The zero-order valence-corrected chi connectivity index (χ0v) is 12.2. The van der Waals surface area contributed by atoms with Gasteiger partial charge in [-0.15, -0.1) is 0 Å². The number of anilines is 2. The van der Waals surface area contributed by atoms with Crippen LogP contribution in [-0.2, 0) is 6.42 Å². The van der Waals surface area contributed by atoms with Gasteiger partial charge in [0.1, 0.15) is 17.5 Å². The summed E-state index contributed by atoms with van der Waals surface area (Å²) in [6, 6.07) is 1.94. The van der Waals surface area contributed by atoms with E-state index in [2.05, 4.69) is 41.4 Å². The number of hydrogen-bond acceptors (Lipinski definition) is 5. The topological polar surface area (TPSA) is 70.1 Å². The Morgan fingerprint density at radius 1 is 1.21 bits per heavy atom. The van der Waals surface area contributed by atoms with Crippen molar-refractivity contribution in [3.63, 3.8) is 0 Å². The van der Waals surface area contributed by atoms with Crippen LogP contribution < -0.4 is 10.6 Å². The summed E-state index contributed by atoms with van der Waals surface area (Å²) in [5.41, 5.74) is 0. The largest absolute Gasteiger partial charge is 0.396 e. The average Bonchev–Trinajstić information content (AvgIpc) is 2.43. The number of rotatable bonds is 9. The minimum Gasteiger partial charge on any atom is -0.396 e. The third kappa shape index (κ3) is 5.87. The number of aryl methyl sites for hydroxylation is 1. The van der Waals surface area contributed by atoms with Gasteiger partial charge in [0, 0.05) is 32.2 Å². The highest BCUT2D eigenvalue weighted by Gasteiger charge is 2.05. The van der Waals surface area contributed by atoms with Crippen LogP contribution in [0, 0.1) is 5.92 Å². The van der Waals surface area contributed by atoms with Gasteiger partial charge in [-0.2, -0.15) is 0 Å². The number of hydrogen-bond donors (Lipinski definition) is 3. The molecule has 0 aliphatic rings. The Labute approximate surface area is 115 Å². The maximum Gasteiger partial charge on any atom is 0.132 e. The lowest BCUT2D eigenvalue weighted by atomic mass is 10.1. The van der Waals surface area contributed by atoms with Crippen molar-refractivity contribution in [2.45, 2.75) is 40.0 Å². The normalized spacial score (nSPS) is 12.2. The molecular formula is C14H26N4O. The summed E-state index contributed by atoms with van der Waals surface area (Å²) in [7, 11) is 0. The van der Waals surface area contributed by atoms with Gasteiger partial charge in [0.05, 0.1) is 0 Å². The molecule has 19 heavy (non-hydrogen) atoms. The summed E-state index contributed by atoms with van der Waals surface area (Å²) in [5, 5.41) is 15.5. The molecule has 1 unspecified atom stereocenters. The van der Waals surface area contributed by atoms with Crippen LogP contribution in [0.3, 0.4) is 0 Å². The van der Waals surface area contributed by atoms with Gasteiger partial charge < -0.3 is 15.7 Å². The van der Waals surface area contributed by atoms with Gasteiger partial charge in [0.15, 0.2) is 0 Å². The fraction of sp³-hybridized carbons (Fsp3) is 0.714. The molecule has 0 saturated heterocycles. The molecule has 0 aliphatic carbocycles. The fourth-order valence-corrected chi connectivity index (χ4v) is 1.69. The van der Waals surface area contributed by atoms with Gasteiger partial charge in [-0.25, -0.2) is 9.97 Å². The predicted molar refractivity (Wildman–Crippen MR) is 79.5 cm³/mol. The first kappa shape index (κ1) is 15.7. The number of aromatic nitrogens is 2. The summed E-state index contributed by atoms with van der Waals surface area (Å²) in [6.07, 6.45) is 2.70. The maximum absolute atomic E-state index is 8.89. The van der Waals surface area contributed by atoms with E-state index in [1.54, 1.807) is 0 Å². The zero-order valence-electron chi connectivity index (χ0n) is 12.2. The van der Waals surface area contributed by atoms with Crippen molar-refractivity contribution in [1.82, 2.24) is 9.97 Å². The monoisotopic (exact) mass is 266 g/mol. The van der Waals surface area contributed by atoms with Crippen molar-refractivity contribution in [3.05, 3.63) is 11.9 Å². The Morgan fingerprint density at radius 2 is 1.89 bits per heavy atom. The van der Waals surface area contributed by atoms with Gasteiger partial charge in [0.25, 0.3) is 0 Å². The van der Waals surface area contributed by atoms with Gasteiger partial charge >= 0.3 is 0 Å². The van der Waals surface area contributed by atoms with E-state index < -0.39 is 0 Å². The van der Waals surface area contributed by atoms with Crippen LogP contribution in [0.25, 0.3) is 0 Å². The lowest BCUT2D eigenvalue weighted by Crippen LogP contribution is -2.15. The Kier molecular flexibility index (Phi) is 7.18. The Bertz CT molecular complexity index is 370. The average molecular weight is 266 g/mol. The second-order valence-electron chi connectivity index (χ2n) is 4.83. The Hall–Kier alpha value is -1.36. The van der Waals surface area contributed by atoms with E-state index in [1.165, 1.54) is 0 Å². The maximum atomic E-state index is 8.89. The van der Waals surface area contributed by atoms with Gasteiger partial charge in [0.2, 0.25) is 0 Å². The third-order valence-electron chi connectivity index (χ3n) is 2.90. The molecule has 1 heterocycles. The van der Waals surface area contributed by atoms with E-state index in [1.807, 2.05) is 6.07 Å². The predicted octanol–water partition coefficient (Wildman–Crippen LogP) is 2.29. The smallest absolute Gasteiger partial charge is 0.132 e. The van der Waals surface area contributed by atoms with Gasteiger partial charge in [-0.3, -0.25) is 0 Å². The van der Waals surface area contributed by atoms with Crippen molar-refractivity contribution in [3.8, 4) is 0 Å². The van der Waals surface area contributed by atoms with Crippen LogP contribution >= 0.6 is 0 Å². The van der Waals surface area contributed by atoms with E-state index >= 15 is 0 Å². The molecule has 1 aromatic heterocycles. The minimum absolute atomic E-state index is 0.232. The molecule has 0 bridgehead atoms. The molecule has 0 spiro atoms. The zero-order chi connectivity index (χ0) is 14.1. The molecule has 0 saturated carbocycles.